The van der Waals surface area contributed by atoms with Crippen molar-refractivity contribution in [2.24, 2.45) is 0 Å². The van der Waals surface area contributed by atoms with Gasteiger partial charge in [0.05, 0.1) is 28.1 Å². The summed E-state index contributed by atoms with van der Waals surface area (Å²) >= 11 is 0. The van der Waals surface area contributed by atoms with Gasteiger partial charge in [0.1, 0.15) is 13.2 Å². The molecule has 0 aromatic heterocycles. The molecule has 0 aliphatic carbocycles. The van der Waals surface area contributed by atoms with E-state index in [1.165, 1.54) is 24.3 Å². The average molecular weight is 442 g/mol. The first-order chi connectivity index (χ1) is 15.3. The fraction of sp³-hybridized carbons (Fsp3) is 0.391. The van der Waals surface area contributed by atoms with Gasteiger partial charge in [-0.2, -0.15) is 0 Å². The molecule has 9 nitrogen and oxygen atoms in total. The van der Waals surface area contributed by atoms with Crippen LogP contribution in [0.3, 0.4) is 0 Å². The lowest BCUT2D eigenvalue weighted by Crippen LogP contribution is -2.33. The molecule has 0 saturated carbocycles. The standard InChI is InChI=1S/C23H26N2O7/c1-4-10-31-22(26)19-14(2)24-15(3)20(23(27)32-13-18-9-6-11-30-18)21(19)16-7-5-8-17(12-16)25(28)29/h4-5,7-8,12,18,21,24H,1,6,9-11,13H2,2-3H3/t18-,21+/m1/s1. The van der Waals surface area contributed by atoms with Crippen LogP contribution in [-0.2, 0) is 23.8 Å². The molecule has 0 radical (unpaired) electrons. The number of non-ortho nitro benzene ring substituents is 1. The number of rotatable bonds is 8. The molecule has 1 saturated heterocycles. The molecule has 1 N–H and O–H groups in total. The first-order valence-corrected chi connectivity index (χ1v) is 10.3. The molecule has 0 unspecified atom stereocenters. The van der Waals surface area contributed by atoms with Crippen LogP contribution in [-0.4, -0.2) is 42.8 Å². The number of benzene rings is 1. The molecular weight excluding hydrogens is 416 g/mol. The molecule has 1 aromatic rings. The zero-order chi connectivity index (χ0) is 23.3. The second-order valence-corrected chi connectivity index (χ2v) is 7.61. The van der Waals surface area contributed by atoms with Crippen molar-refractivity contribution in [3.05, 3.63) is 75.1 Å². The van der Waals surface area contributed by atoms with Crippen LogP contribution >= 0.6 is 0 Å². The second-order valence-electron chi connectivity index (χ2n) is 7.61. The molecule has 2 heterocycles. The Balaban J connectivity index is 2.02. The van der Waals surface area contributed by atoms with E-state index in [0.29, 0.717) is 23.6 Å². The Kier molecular flexibility index (Phi) is 7.42. The number of allylic oxidation sites excluding steroid dienone is 2. The van der Waals surface area contributed by atoms with Crippen LogP contribution in [0.2, 0.25) is 0 Å². The van der Waals surface area contributed by atoms with Gasteiger partial charge in [0.25, 0.3) is 5.69 Å². The smallest absolute Gasteiger partial charge is 0.337 e. The number of carbonyl (C=O) groups excluding carboxylic acids is 2. The molecule has 0 bridgehead atoms. The molecule has 0 amide bonds. The van der Waals surface area contributed by atoms with E-state index >= 15 is 0 Å². The van der Waals surface area contributed by atoms with Gasteiger partial charge < -0.3 is 19.5 Å². The van der Waals surface area contributed by atoms with Crippen LogP contribution in [0, 0.1) is 10.1 Å². The van der Waals surface area contributed by atoms with Crippen LogP contribution in [0.4, 0.5) is 5.69 Å². The minimum absolute atomic E-state index is 0.0151. The molecule has 1 aromatic carbocycles. The maximum absolute atomic E-state index is 13.2. The van der Waals surface area contributed by atoms with Gasteiger partial charge in [0.2, 0.25) is 0 Å². The number of hydrogen-bond acceptors (Lipinski definition) is 8. The summed E-state index contributed by atoms with van der Waals surface area (Å²) in [5, 5.41) is 14.4. The van der Waals surface area contributed by atoms with Crippen molar-refractivity contribution in [3.8, 4) is 0 Å². The zero-order valence-electron chi connectivity index (χ0n) is 18.1. The number of carbonyl (C=O) groups is 2. The topological polar surface area (TPSA) is 117 Å². The summed E-state index contributed by atoms with van der Waals surface area (Å²) in [7, 11) is 0. The molecule has 170 valence electrons. The predicted molar refractivity (Wildman–Crippen MR) is 115 cm³/mol. The van der Waals surface area contributed by atoms with E-state index < -0.39 is 22.8 Å². The Morgan fingerprint density at radius 3 is 2.53 bits per heavy atom. The highest BCUT2D eigenvalue weighted by Crippen LogP contribution is 2.40. The largest absolute Gasteiger partial charge is 0.459 e. The lowest BCUT2D eigenvalue weighted by molar-refractivity contribution is -0.384. The summed E-state index contributed by atoms with van der Waals surface area (Å²) in [6.45, 7) is 7.63. The van der Waals surface area contributed by atoms with Crippen molar-refractivity contribution >= 4 is 17.6 Å². The normalized spacial score (nSPS) is 20.6. The van der Waals surface area contributed by atoms with Crippen LogP contribution in [0.15, 0.2) is 59.5 Å². The molecule has 2 atom stereocenters. The molecule has 1 fully saturated rings. The van der Waals surface area contributed by atoms with Gasteiger partial charge in [0.15, 0.2) is 0 Å². The van der Waals surface area contributed by atoms with Gasteiger partial charge in [-0.3, -0.25) is 10.1 Å². The summed E-state index contributed by atoms with van der Waals surface area (Å²) in [5.74, 6) is -2.17. The monoisotopic (exact) mass is 442 g/mol. The molecule has 2 aliphatic heterocycles. The van der Waals surface area contributed by atoms with Gasteiger partial charge in [-0.15, -0.1) is 0 Å². The van der Waals surface area contributed by atoms with E-state index in [4.69, 9.17) is 14.2 Å². The fourth-order valence-electron chi connectivity index (χ4n) is 3.92. The van der Waals surface area contributed by atoms with Crippen molar-refractivity contribution in [2.75, 3.05) is 19.8 Å². The minimum atomic E-state index is -0.898. The number of nitro benzene ring substituents is 1. The predicted octanol–water partition coefficient (Wildman–Crippen LogP) is 3.28. The van der Waals surface area contributed by atoms with Gasteiger partial charge in [0, 0.05) is 30.1 Å². The Bertz CT molecular complexity index is 990. The summed E-state index contributed by atoms with van der Waals surface area (Å²) in [4.78, 5) is 36.9. The van der Waals surface area contributed by atoms with Crippen LogP contribution in [0.5, 0.6) is 0 Å². The fourth-order valence-corrected chi connectivity index (χ4v) is 3.92. The SMILES string of the molecule is C=CCOC(=O)C1=C(C)NC(C)=C(C(=O)OC[C@H]2CCCO2)[C@H]1c1cccc([N+](=O)[O-])c1. The Labute approximate surface area is 185 Å². The van der Waals surface area contributed by atoms with E-state index in [1.807, 2.05) is 0 Å². The maximum Gasteiger partial charge on any atom is 0.337 e. The van der Waals surface area contributed by atoms with E-state index in [1.54, 1.807) is 19.9 Å². The summed E-state index contributed by atoms with van der Waals surface area (Å²) in [6.07, 6.45) is 2.98. The van der Waals surface area contributed by atoms with E-state index in [-0.39, 0.29) is 36.2 Å². The zero-order valence-corrected chi connectivity index (χ0v) is 18.1. The number of nitro groups is 1. The number of ether oxygens (including phenoxy) is 3. The van der Waals surface area contributed by atoms with Crippen molar-refractivity contribution in [1.29, 1.82) is 0 Å². The van der Waals surface area contributed by atoms with Crippen molar-refractivity contribution < 1.29 is 28.7 Å². The van der Waals surface area contributed by atoms with Crippen molar-refractivity contribution in [2.45, 2.75) is 38.7 Å². The highest BCUT2D eigenvalue weighted by molar-refractivity contribution is 6.00. The number of nitrogens with zero attached hydrogens (tertiary/aromatic N) is 1. The highest BCUT2D eigenvalue weighted by atomic mass is 16.6. The van der Waals surface area contributed by atoms with Gasteiger partial charge in [-0.1, -0.05) is 24.8 Å². The van der Waals surface area contributed by atoms with Crippen LogP contribution in [0.1, 0.15) is 38.2 Å². The molecule has 9 heteroatoms. The van der Waals surface area contributed by atoms with E-state index in [9.17, 15) is 19.7 Å². The minimum Gasteiger partial charge on any atom is -0.459 e. The second kappa shape index (κ2) is 10.2. The number of nitrogens with one attached hydrogen (secondary N) is 1. The third-order valence-corrected chi connectivity index (χ3v) is 5.37. The Morgan fingerprint density at radius 1 is 1.25 bits per heavy atom. The van der Waals surface area contributed by atoms with Gasteiger partial charge in [-0.25, -0.2) is 9.59 Å². The number of hydrogen-bond donors (Lipinski definition) is 1. The van der Waals surface area contributed by atoms with Crippen LogP contribution in [0.25, 0.3) is 0 Å². The van der Waals surface area contributed by atoms with Gasteiger partial charge >= 0.3 is 11.9 Å². The number of esters is 2. The van der Waals surface area contributed by atoms with E-state index in [2.05, 4.69) is 11.9 Å². The van der Waals surface area contributed by atoms with Crippen LogP contribution < -0.4 is 5.32 Å². The van der Waals surface area contributed by atoms with Crippen molar-refractivity contribution in [3.63, 3.8) is 0 Å². The maximum atomic E-state index is 13.2. The molecule has 2 aliphatic rings. The molecule has 3 rings (SSSR count). The van der Waals surface area contributed by atoms with E-state index in [0.717, 1.165) is 12.8 Å². The van der Waals surface area contributed by atoms with Gasteiger partial charge in [-0.05, 0) is 32.3 Å². The Morgan fingerprint density at radius 2 is 1.94 bits per heavy atom. The van der Waals surface area contributed by atoms with Crippen molar-refractivity contribution in [1.82, 2.24) is 5.32 Å². The molecule has 0 spiro atoms. The quantitative estimate of drug-likeness (QED) is 0.282. The third-order valence-electron chi connectivity index (χ3n) is 5.37. The lowest BCUT2D eigenvalue weighted by Gasteiger charge is -2.30. The first-order valence-electron chi connectivity index (χ1n) is 10.3. The average Bonchev–Trinajstić information content (AvgIpc) is 3.29. The highest BCUT2D eigenvalue weighted by Gasteiger charge is 2.38. The third kappa shape index (κ3) is 5.05. The summed E-state index contributed by atoms with van der Waals surface area (Å²) < 4.78 is 16.3. The first kappa shape index (κ1) is 23.2. The summed E-state index contributed by atoms with van der Waals surface area (Å²) in [6, 6.07) is 5.85. The molecular formula is C23H26N2O7. The Hall–Kier alpha value is -3.46. The lowest BCUT2D eigenvalue weighted by atomic mass is 9.80. The summed E-state index contributed by atoms with van der Waals surface area (Å²) in [5.41, 5.74) is 1.62. The number of dihydropyridines is 1. The molecule has 32 heavy (non-hydrogen) atoms.